The Morgan fingerprint density at radius 2 is 2.25 bits per heavy atom. The third-order valence-corrected chi connectivity index (χ3v) is 3.29. The first-order chi connectivity index (χ1) is 7.68. The molecule has 2 aliphatic rings. The van der Waals surface area contributed by atoms with Gasteiger partial charge in [0.2, 0.25) is 5.91 Å². The van der Waals surface area contributed by atoms with Crippen LogP contribution in [-0.2, 0) is 14.3 Å². The molecule has 2 heterocycles. The van der Waals surface area contributed by atoms with Crippen molar-refractivity contribution in [2.24, 2.45) is 0 Å². The van der Waals surface area contributed by atoms with Crippen molar-refractivity contribution in [1.82, 2.24) is 4.90 Å². The number of carbonyl (C=O) groups excluding carboxylic acids is 1. The third kappa shape index (κ3) is 2.35. The van der Waals surface area contributed by atoms with Crippen molar-refractivity contribution in [2.45, 2.75) is 44.2 Å². The van der Waals surface area contributed by atoms with Gasteiger partial charge in [0, 0.05) is 19.6 Å². The van der Waals surface area contributed by atoms with Crippen molar-refractivity contribution >= 4 is 11.9 Å². The maximum Gasteiger partial charge on any atom is 0.326 e. The van der Waals surface area contributed by atoms with Gasteiger partial charge < -0.3 is 14.7 Å². The number of carbonyl (C=O) groups is 2. The summed E-state index contributed by atoms with van der Waals surface area (Å²) in [6, 6.07) is -0.641. The highest BCUT2D eigenvalue weighted by atomic mass is 16.5. The van der Waals surface area contributed by atoms with Gasteiger partial charge in [0.1, 0.15) is 6.04 Å². The molecule has 1 amide bonds. The molecule has 16 heavy (non-hydrogen) atoms. The van der Waals surface area contributed by atoms with Gasteiger partial charge in [-0.25, -0.2) is 4.79 Å². The van der Waals surface area contributed by atoms with E-state index in [9.17, 15) is 9.59 Å². The van der Waals surface area contributed by atoms with Crippen LogP contribution in [0.1, 0.15) is 32.1 Å². The molecular weight excluding hydrogens is 210 g/mol. The van der Waals surface area contributed by atoms with Crippen molar-refractivity contribution < 1.29 is 19.4 Å². The number of carboxylic acid groups (broad SMARTS) is 1. The van der Waals surface area contributed by atoms with Crippen molar-refractivity contribution in [3.8, 4) is 0 Å². The van der Waals surface area contributed by atoms with E-state index in [1.807, 2.05) is 0 Å². The highest BCUT2D eigenvalue weighted by Gasteiger charge is 2.37. The molecule has 0 aliphatic carbocycles. The van der Waals surface area contributed by atoms with Gasteiger partial charge in [-0.3, -0.25) is 4.79 Å². The smallest absolute Gasteiger partial charge is 0.326 e. The Kier molecular flexibility index (Phi) is 3.43. The van der Waals surface area contributed by atoms with Gasteiger partial charge >= 0.3 is 5.97 Å². The number of hydrogen-bond acceptors (Lipinski definition) is 3. The molecule has 0 aromatic rings. The summed E-state index contributed by atoms with van der Waals surface area (Å²) >= 11 is 0. The van der Waals surface area contributed by atoms with Crippen LogP contribution in [0.25, 0.3) is 0 Å². The molecule has 0 bridgehead atoms. The minimum Gasteiger partial charge on any atom is -0.480 e. The zero-order chi connectivity index (χ0) is 11.5. The lowest BCUT2D eigenvalue weighted by Crippen LogP contribution is -2.44. The van der Waals surface area contributed by atoms with E-state index >= 15 is 0 Å². The Balaban J connectivity index is 1.95. The maximum atomic E-state index is 11.6. The van der Waals surface area contributed by atoms with Crippen molar-refractivity contribution in [2.75, 3.05) is 13.2 Å². The summed E-state index contributed by atoms with van der Waals surface area (Å²) in [6.07, 6.45) is 3.90. The van der Waals surface area contributed by atoms with Crippen molar-refractivity contribution in [3.63, 3.8) is 0 Å². The van der Waals surface area contributed by atoms with Crippen molar-refractivity contribution in [3.05, 3.63) is 0 Å². The average Bonchev–Trinajstić information content (AvgIpc) is 2.62. The van der Waals surface area contributed by atoms with Crippen LogP contribution in [0.15, 0.2) is 0 Å². The molecule has 2 rings (SSSR count). The van der Waals surface area contributed by atoms with E-state index in [2.05, 4.69) is 0 Å². The maximum absolute atomic E-state index is 11.6. The lowest BCUT2D eigenvalue weighted by molar-refractivity contribution is -0.147. The number of amides is 1. The van der Waals surface area contributed by atoms with Crippen LogP contribution < -0.4 is 0 Å². The second-order valence-electron chi connectivity index (χ2n) is 4.43. The van der Waals surface area contributed by atoms with E-state index in [0.717, 1.165) is 25.9 Å². The molecule has 0 aromatic carbocycles. The van der Waals surface area contributed by atoms with Crippen LogP contribution in [0.2, 0.25) is 0 Å². The topological polar surface area (TPSA) is 66.8 Å². The fraction of sp³-hybridized carbons (Fsp3) is 0.818. The first kappa shape index (κ1) is 11.4. The number of nitrogens with zero attached hydrogens (tertiary/aromatic N) is 1. The molecule has 2 aliphatic heterocycles. The highest BCUT2D eigenvalue weighted by Crippen LogP contribution is 2.22. The minimum absolute atomic E-state index is 0.0256. The fourth-order valence-electron chi connectivity index (χ4n) is 2.39. The molecule has 0 saturated carbocycles. The molecule has 2 fully saturated rings. The first-order valence-electron chi connectivity index (χ1n) is 5.82. The van der Waals surface area contributed by atoms with Gasteiger partial charge in [-0.15, -0.1) is 0 Å². The van der Waals surface area contributed by atoms with Crippen LogP contribution >= 0.6 is 0 Å². The predicted molar refractivity (Wildman–Crippen MR) is 56.0 cm³/mol. The molecule has 0 spiro atoms. The summed E-state index contributed by atoms with van der Waals surface area (Å²) in [7, 11) is 0. The summed E-state index contributed by atoms with van der Waals surface area (Å²) in [5.74, 6) is -0.955. The third-order valence-electron chi connectivity index (χ3n) is 3.29. The zero-order valence-corrected chi connectivity index (χ0v) is 9.22. The van der Waals surface area contributed by atoms with E-state index in [4.69, 9.17) is 9.84 Å². The van der Waals surface area contributed by atoms with Crippen LogP contribution in [0.5, 0.6) is 0 Å². The lowest BCUT2D eigenvalue weighted by atomic mass is 10.1. The van der Waals surface area contributed by atoms with E-state index < -0.39 is 12.0 Å². The predicted octanol–water partition coefficient (Wildman–Crippen LogP) is 0.631. The Bertz CT molecular complexity index is 286. The zero-order valence-electron chi connectivity index (χ0n) is 9.22. The normalized spacial score (nSPS) is 30.8. The number of aliphatic carboxylic acids is 1. The van der Waals surface area contributed by atoms with Crippen LogP contribution in [0, 0.1) is 0 Å². The number of hydrogen-bond donors (Lipinski definition) is 1. The monoisotopic (exact) mass is 227 g/mol. The minimum atomic E-state index is -0.901. The Morgan fingerprint density at radius 3 is 2.88 bits per heavy atom. The SMILES string of the molecule is O=C(O)C1CCC(=O)N1CC1CCCCO1. The van der Waals surface area contributed by atoms with Crippen LogP contribution in [0.4, 0.5) is 0 Å². The van der Waals surface area contributed by atoms with Gasteiger partial charge in [0.25, 0.3) is 0 Å². The highest BCUT2D eigenvalue weighted by molar-refractivity contribution is 5.87. The Labute approximate surface area is 94.4 Å². The quantitative estimate of drug-likeness (QED) is 0.768. The first-order valence-corrected chi connectivity index (χ1v) is 5.82. The number of carboxylic acids is 1. The number of likely N-dealkylation sites (tertiary alicyclic amines) is 1. The summed E-state index contributed by atoms with van der Waals surface area (Å²) < 4.78 is 5.53. The molecule has 5 heteroatoms. The van der Waals surface area contributed by atoms with Gasteiger partial charge in [0.05, 0.1) is 6.10 Å². The number of ether oxygens (including phenoxy) is 1. The second-order valence-corrected chi connectivity index (χ2v) is 4.43. The fourth-order valence-corrected chi connectivity index (χ4v) is 2.39. The van der Waals surface area contributed by atoms with E-state index in [-0.39, 0.29) is 12.0 Å². The van der Waals surface area contributed by atoms with E-state index in [0.29, 0.717) is 19.4 Å². The summed E-state index contributed by atoms with van der Waals surface area (Å²) in [5, 5.41) is 9.00. The van der Waals surface area contributed by atoms with Gasteiger partial charge in [-0.2, -0.15) is 0 Å². The molecule has 0 aromatic heterocycles. The average molecular weight is 227 g/mol. The molecule has 2 unspecified atom stereocenters. The lowest BCUT2D eigenvalue weighted by Gasteiger charge is -2.29. The Hall–Kier alpha value is -1.10. The summed E-state index contributed by atoms with van der Waals surface area (Å²) in [5.41, 5.74) is 0. The Morgan fingerprint density at radius 1 is 1.44 bits per heavy atom. The van der Waals surface area contributed by atoms with Crippen molar-refractivity contribution in [1.29, 1.82) is 0 Å². The molecule has 0 radical (unpaired) electrons. The van der Waals surface area contributed by atoms with Crippen LogP contribution in [0.3, 0.4) is 0 Å². The standard InChI is InChI=1S/C11H17NO4/c13-10-5-4-9(11(14)15)12(10)7-8-3-1-2-6-16-8/h8-9H,1-7H2,(H,14,15). The number of rotatable bonds is 3. The van der Waals surface area contributed by atoms with Gasteiger partial charge in [-0.05, 0) is 25.7 Å². The van der Waals surface area contributed by atoms with Crippen LogP contribution in [-0.4, -0.2) is 47.2 Å². The summed E-state index contributed by atoms with van der Waals surface area (Å²) in [6.45, 7) is 1.17. The van der Waals surface area contributed by atoms with E-state index in [1.54, 1.807) is 0 Å². The molecular formula is C11H17NO4. The molecule has 2 saturated heterocycles. The van der Waals surface area contributed by atoms with Gasteiger partial charge in [-0.1, -0.05) is 0 Å². The largest absolute Gasteiger partial charge is 0.480 e. The molecule has 90 valence electrons. The molecule has 5 nitrogen and oxygen atoms in total. The summed E-state index contributed by atoms with van der Waals surface area (Å²) in [4.78, 5) is 24.0. The molecule has 2 atom stereocenters. The van der Waals surface area contributed by atoms with Gasteiger partial charge in [0.15, 0.2) is 0 Å². The second kappa shape index (κ2) is 4.82. The molecule has 1 N–H and O–H groups in total. The van der Waals surface area contributed by atoms with E-state index in [1.165, 1.54) is 4.90 Å².